The molecule has 1 aromatic rings. The van der Waals surface area contributed by atoms with Crippen molar-refractivity contribution >= 4 is 21.7 Å². The van der Waals surface area contributed by atoms with Crippen LogP contribution in [0.2, 0.25) is 0 Å². The molecule has 0 aliphatic carbocycles. The summed E-state index contributed by atoms with van der Waals surface area (Å²) in [5.74, 6) is 0.162. The first kappa shape index (κ1) is 27.4. The average Bonchev–Trinajstić information content (AvgIpc) is 2.78. The van der Waals surface area contributed by atoms with E-state index in [1.165, 1.54) is 83.5 Å². The van der Waals surface area contributed by atoms with Gasteiger partial charge in [-0.25, -0.2) is 0 Å². The van der Waals surface area contributed by atoms with Gasteiger partial charge in [0.1, 0.15) is 0 Å². The fourth-order valence-electron chi connectivity index (χ4n) is 3.88. The fraction of sp³-hybridized carbons (Fsp3) is 0.741. The van der Waals surface area contributed by atoms with Gasteiger partial charge in [0.05, 0.1) is 6.61 Å². The molecule has 0 N–H and O–H groups in total. The molecule has 1 aromatic carbocycles. The van der Waals surface area contributed by atoms with Crippen LogP contribution in [0.1, 0.15) is 114 Å². The third-order valence-corrected chi connectivity index (χ3v) is 6.31. The Morgan fingerprint density at radius 1 is 0.800 bits per heavy atom. The normalized spacial score (nSPS) is 12.2. The number of benzene rings is 1. The van der Waals surface area contributed by atoms with Crippen molar-refractivity contribution in [3.8, 4) is 0 Å². The van der Waals surface area contributed by atoms with Gasteiger partial charge in [0.15, 0.2) is 5.78 Å². The fourth-order valence-corrected chi connectivity index (χ4v) is 4.44. The molecule has 0 saturated heterocycles. The Kier molecular flexibility index (Phi) is 18.5. The van der Waals surface area contributed by atoms with Crippen LogP contribution >= 0.6 is 15.9 Å². The third kappa shape index (κ3) is 14.4. The maximum absolute atomic E-state index is 12.6. The topological polar surface area (TPSA) is 26.3 Å². The Balaban J connectivity index is 1.94. The van der Waals surface area contributed by atoms with Gasteiger partial charge >= 0.3 is 0 Å². The molecule has 0 spiro atoms. The first-order chi connectivity index (χ1) is 14.8. The van der Waals surface area contributed by atoms with E-state index >= 15 is 0 Å². The minimum atomic E-state index is -0.0431. The minimum Gasteiger partial charge on any atom is -0.381 e. The van der Waals surface area contributed by atoms with E-state index in [1.54, 1.807) is 0 Å². The van der Waals surface area contributed by atoms with Crippen LogP contribution in [-0.4, -0.2) is 24.3 Å². The van der Waals surface area contributed by atoms with Crippen LogP contribution < -0.4 is 0 Å². The zero-order valence-electron chi connectivity index (χ0n) is 19.4. The van der Waals surface area contributed by atoms with Gasteiger partial charge in [0, 0.05) is 23.4 Å². The summed E-state index contributed by atoms with van der Waals surface area (Å²) >= 11 is 3.47. The predicted molar refractivity (Wildman–Crippen MR) is 134 cm³/mol. The van der Waals surface area contributed by atoms with Crippen molar-refractivity contribution < 1.29 is 9.53 Å². The van der Waals surface area contributed by atoms with E-state index in [9.17, 15) is 4.79 Å². The van der Waals surface area contributed by atoms with Crippen LogP contribution in [0.15, 0.2) is 30.3 Å². The van der Waals surface area contributed by atoms with E-state index in [1.807, 2.05) is 30.3 Å². The molecule has 0 amide bonds. The molecule has 0 radical (unpaired) electrons. The van der Waals surface area contributed by atoms with Gasteiger partial charge in [-0.05, 0) is 12.8 Å². The molecular weight excluding hydrogens is 436 g/mol. The number of carbonyl (C=O) groups excluding carboxylic acids is 1. The van der Waals surface area contributed by atoms with Crippen molar-refractivity contribution in [2.75, 3.05) is 18.5 Å². The number of alkyl halides is 1. The maximum Gasteiger partial charge on any atom is 0.168 e. The summed E-state index contributed by atoms with van der Waals surface area (Å²) in [7, 11) is 0. The number of unbranched alkanes of at least 4 members (excludes halogenated alkanes) is 13. The second kappa shape index (κ2) is 20.2. The molecule has 30 heavy (non-hydrogen) atoms. The molecule has 0 bridgehead atoms. The zero-order valence-corrected chi connectivity index (χ0v) is 21.0. The predicted octanol–water partition coefficient (Wildman–Crippen LogP) is 8.77. The largest absolute Gasteiger partial charge is 0.381 e. The summed E-state index contributed by atoms with van der Waals surface area (Å²) in [6.07, 6.45) is 20.0. The van der Waals surface area contributed by atoms with Crippen molar-refractivity contribution in [1.82, 2.24) is 0 Å². The molecule has 1 atom stereocenters. The molecule has 2 nitrogen and oxygen atoms in total. The number of hydrogen-bond acceptors (Lipinski definition) is 2. The molecule has 0 fully saturated rings. The molecule has 172 valence electrons. The third-order valence-electron chi connectivity index (χ3n) is 5.85. The van der Waals surface area contributed by atoms with Crippen LogP contribution in [0.4, 0.5) is 0 Å². The van der Waals surface area contributed by atoms with Crippen LogP contribution in [0.25, 0.3) is 0 Å². The molecule has 0 saturated carbocycles. The highest BCUT2D eigenvalue weighted by atomic mass is 79.9. The lowest BCUT2D eigenvalue weighted by Gasteiger charge is -2.15. The molecule has 0 aliphatic heterocycles. The van der Waals surface area contributed by atoms with E-state index in [0.29, 0.717) is 6.61 Å². The van der Waals surface area contributed by atoms with Crippen molar-refractivity contribution in [2.24, 2.45) is 5.92 Å². The number of halogens is 1. The Labute approximate surface area is 194 Å². The number of Topliss-reactive ketones (excluding diaryl/α,β-unsaturated/α-hetero) is 1. The van der Waals surface area contributed by atoms with E-state index in [0.717, 1.165) is 30.3 Å². The lowest BCUT2D eigenvalue weighted by Crippen LogP contribution is -2.21. The van der Waals surface area contributed by atoms with Gasteiger partial charge in [0.2, 0.25) is 0 Å². The summed E-state index contributed by atoms with van der Waals surface area (Å²) < 4.78 is 5.86. The van der Waals surface area contributed by atoms with E-state index < -0.39 is 0 Å². The second-order valence-electron chi connectivity index (χ2n) is 8.58. The highest BCUT2D eigenvalue weighted by Gasteiger charge is 2.19. The number of hydrogen-bond donors (Lipinski definition) is 0. The van der Waals surface area contributed by atoms with Crippen molar-refractivity contribution in [1.29, 1.82) is 0 Å². The highest BCUT2D eigenvalue weighted by molar-refractivity contribution is 9.09. The Morgan fingerprint density at radius 2 is 1.30 bits per heavy atom. The summed E-state index contributed by atoms with van der Waals surface area (Å²) in [5.41, 5.74) is 0.795. The molecule has 3 heteroatoms. The van der Waals surface area contributed by atoms with Crippen molar-refractivity contribution in [3.05, 3.63) is 35.9 Å². The quantitative estimate of drug-likeness (QED) is 0.0996. The van der Waals surface area contributed by atoms with E-state index in [-0.39, 0.29) is 11.7 Å². The summed E-state index contributed by atoms with van der Waals surface area (Å²) in [6.45, 7) is 3.60. The standard InChI is InChI=1S/C27H45BrO2/c1-2-3-4-5-6-7-8-9-10-11-12-13-14-18-23-30-24-26(21-22-28)27(29)25-19-16-15-17-20-25/h15-17,19-20,26H,2-14,18,21-24H2,1H3/t26-/m0/s1. The maximum atomic E-state index is 12.6. The smallest absolute Gasteiger partial charge is 0.168 e. The highest BCUT2D eigenvalue weighted by Crippen LogP contribution is 2.16. The minimum absolute atomic E-state index is 0.0431. The van der Waals surface area contributed by atoms with Gasteiger partial charge in [-0.15, -0.1) is 0 Å². The summed E-state index contributed by atoms with van der Waals surface area (Å²) in [5, 5.41) is 0.832. The van der Waals surface area contributed by atoms with E-state index in [2.05, 4.69) is 22.9 Å². The molecule has 0 unspecified atom stereocenters. The van der Waals surface area contributed by atoms with Gasteiger partial charge < -0.3 is 4.74 Å². The van der Waals surface area contributed by atoms with Crippen molar-refractivity contribution in [3.63, 3.8) is 0 Å². The lowest BCUT2D eigenvalue weighted by atomic mass is 9.96. The van der Waals surface area contributed by atoms with Crippen molar-refractivity contribution in [2.45, 2.75) is 103 Å². The molecule has 0 aromatic heterocycles. The van der Waals surface area contributed by atoms with Crippen LogP contribution in [0.3, 0.4) is 0 Å². The summed E-state index contributed by atoms with van der Waals surface area (Å²) in [6, 6.07) is 9.60. The second-order valence-corrected chi connectivity index (χ2v) is 9.37. The van der Waals surface area contributed by atoms with Gasteiger partial charge in [-0.2, -0.15) is 0 Å². The van der Waals surface area contributed by atoms with Crippen LogP contribution in [-0.2, 0) is 4.74 Å². The lowest BCUT2D eigenvalue weighted by molar-refractivity contribution is 0.0687. The van der Waals surface area contributed by atoms with Gasteiger partial charge in [-0.3, -0.25) is 4.79 Å². The average molecular weight is 482 g/mol. The Morgan fingerprint density at radius 3 is 1.80 bits per heavy atom. The molecule has 0 heterocycles. The SMILES string of the molecule is CCCCCCCCCCCCCCCCOC[C@H](CCBr)C(=O)c1ccccc1. The monoisotopic (exact) mass is 480 g/mol. The zero-order chi connectivity index (χ0) is 21.7. The van der Waals surface area contributed by atoms with Gasteiger partial charge in [0.25, 0.3) is 0 Å². The summed E-state index contributed by atoms with van der Waals surface area (Å²) in [4.78, 5) is 12.6. The number of carbonyl (C=O) groups is 1. The van der Waals surface area contributed by atoms with E-state index in [4.69, 9.17) is 4.74 Å². The molecule has 1 rings (SSSR count). The number of ether oxygens (including phenoxy) is 1. The van der Waals surface area contributed by atoms with Crippen LogP contribution in [0.5, 0.6) is 0 Å². The molecular formula is C27H45BrO2. The number of rotatable bonds is 21. The van der Waals surface area contributed by atoms with Gasteiger partial charge in [-0.1, -0.05) is 137 Å². The Hall–Kier alpha value is -0.670. The first-order valence-electron chi connectivity index (χ1n) is 12.5. The first-order valence-corrected chi connectivity index (χ1v) is 13.6. The Bertz CT molecular complexity index is 503. The molecule has 0 aliphatic rings. The van der Waals surface area contributed by atoms with Crippen LogP contribution in [0, 0.1) is 5.92 Å². The number of ketones is 1.